The molecule has 0 unspecified atom stereocenters. The molecule has 0 aromatic heterocycles. The number of nitrogens with one attached hydrogen (secondary N) is 3. The number of nitrogens with zero attached hydrogens (tertiary/aromatic N) is 2. The van der Waals surface area contributed by atoms with Gasteiger partial charge in [0.15, 0.2) is 6.61 Å². The smallest absolute Gasteiger partial charge is 0.258 e. The molecule has 2 aromatic carbocycles. The molecule has 0 radical (unpaired) electrons. The lowest BCUT2D eigenvalue weighted by Gasteiger charge is -2.42. The van der Waals surface area contributed by atoms with Crippen molar-refractivity contribution in [3.63, 3.8) is 0 Å². The van der Waals surface area contributed by atoms with E-state index in [2.05, 4.69) is 16.0 Å². The van der Waals surface area contributed by atoms with Crippen molar-refractivity contribution in [3.8, 4) is 5.75 Å². The summed E-state index contributed by atoms with van der Waals surface area (Å²) in [6.07, 6.45) is 2.52. The molecule has 0 aliphatic carbocycles. The largest absolute Gasteiger partial charge is 0.484 e. The zero-order valence-corrected chi connectivity index (χ0v) is 26.7. The Bertz CT molecular complexity index is 1530. The lowest BCUT2D eigenvalue weighted by molar-refractivity contribution is -0.142. The first-order chi connectivity index (χ1) is 22.5. The van der Waals surface area contributed by atoms with Crippen molar-refractivity contribution in [1.29, 1.82) is 0 Å². The van der Waals surface area contributed by atoms with Gasteiger partial charge in [-0.15, -0.1) is 0 Å². The number of amides is 5. The van der Waals surface area contributed by atoms with Gasteiger partial charge in [-0.3, -0.25) is 24.0 Å². The molecule has 0 saturated carbocycles. The van der Waals surface area contributed by atoms with Crippen molar-refractivity contribution >= 4 is 29.5 Å². The van der Waals surface area contributed by atoms with E-state index in [-0.39, 0.29) is 24.9 Å². The summed E-state index contributed by atoms with van der Waals surface area (Å²) in [5, 5.41) is 18.3. The normalized spacial score (nSPS) is 24.2. The summed E-state index contributed by atoms with van der Waals surface area (Å²) in [6, 6.07) is 8.59. The number of halogens is 1. The fraction of sp³-hybridized carbons (Fsp3) is 0.500. The van der Waals surface area contributed by atoms with Gasteiger partial charge in [0.2, 0.25) is 17.7 Å². The summed E-state index contributed by atoms with van der Waals surface area (Å²) in [5.74, 6) is -2.16. The molecule has 3 heterocycles. The third-order valence-corrected chi connectivity index (χ3v) is 9.40. The highest BCUT2D eigenvalue weighted by molar-refractivity contribution is 5.95. The Morgan fingerprint density at radius 2 is 1.81 bits per heavy atom. The number of benzene rings is 2. The molecule has 13 heteroatoms. The van der Waals surface area contributed by atoms with Crippen LogP contribution in [0.4, 0.5) is 4.39 Å². The van der Waals surface area contributed by atoms with Crippen LogP contribution >= 0.6 is 0 Å². The first-order valence-electron chi connectivity index (χ1n) is 16.0. The van der Waals surface area contributed by atoms with E-state index in [0.29, 0.717) is 68.6 Å². The van der Waals surface area contributed by atoms with Crippen LogP contribution < -0.4 is 20.7 Å². The van der Waals surface area contributed by atoms with E-state index < -0.39 is 53.8 Å². The molecule has 252 valence electrons. The second-order valence-corrected chi connectivity index (χ2v) is 12.8. The zero-order valence-electron chi connectivity index (χ0n) is 26.7. The van der Waals surface area contributed by atoms with Gasteiger partial charge >= 0.3 is 0 Å². The summed E-state index contributed by atoms with van der Waals surface area (Å²) < 4.78 is 19.6. The number of carbonyl (C=O) groups is 5. The van der Waals surface area contributed by atoms with Gasteiger partial charge in [0.25, 0.3) is 11.8 Å². The van der Waals surface area contributed by atoms with Crippen molar-refractivity contribution in [2.75, 3.05) is 39.4 Å². The second kappa shape index (κ2) is 14.5. The SMILES string of the molecule is Cc1cc(C(=O)N2CCC3(CC2)CNC(=O)[C@H](CO)NC(=O)[C@@H]2CCCN2C(=O)[C@H](C)NC(=O)COc2cccc(c2)C3)ccc1F. The number of fused-ring (bicyclic) bond motifs is 3. The second-order valence-electron chi connectivity index (χ2n) is 12.8. The molecule has 3 aliphatic heterocycles. The highest BCUT2D eigenvalue weighted by Crippen LogP contribution is 2.36. The van der Waals surface area contributed by atoms with Crippen LogP contribution in [-0.4, -0.2) is 102 Å². The first kappa shape index (κ1) is 33.8. The quantitative estimate of drug-likeness (QED) is 0.379. The van der Waals surface area contributed by atoms with E-state index in [4.69, 9.17) is 4.74 Å². The molecule has 2 aromatic rings. The van der Waals surface area contributed by atoms with E-state index in [1.165, 1.54) is 23.1 Å². The van der Waals surface area contributed by atoms with Gasteiger partial charge in [-0.1, -0.05) is 12.1 Å². The van der Waals surface area contributed by atoms with Crippen molar-refractivity contribution < 1.29 is 38.2 Å². The maximum atomic E-state index is 13.8. The Morgan fingerprint density at radius 3 is 2.53 bits per heavy atom. The monoisotopic (exact) mass is 651 g/mol. The summed E-state index contributed by atoms with van der Waals surface area (Å²) in [7, 11) is 0. The van der Waals surface area contributed by atoms with Crippen molar-refractivity contribution in [3.05, 3.63) is 65.0 Å². The lowest BCUT2D eigenvalue weighted by Crippen LogP contribution is -2.57. The molecule has 47 heavy (non-hydrogen) atoms. The minimum atomic E-state index is -1.24. The molecule has 5 amide bonds. The van der Waals surface area contributed by atoms with Crippen LogP contribution in [0.25, 0.3) is 0 Å². The van der Waals surface area contributed by atoms with Crippen molar-refractivity contribution in [2.24, 2.45) is 5.41 Å². The molecule has 5 rings (SSSR count). The van der Waals surface area contributed by atoms with E-state index in [9.17, 15) is 33.5 Å². The van der Waals surface area contributed by atoms with Gasteiger partial charge in [-0.05, 0) is 92.8 Å². The van der Waals surface area contributed by atoms with E-state index in [1.807, 2.05) is 18.2 Å². The summed E-state index contributed by atoms with van der Waals surface area (Å²) in [4.78, 5) is 68.9. The Labute approximate surface area is 273 Å². The highest BCUT2D eigenvalue weighted by atomic mass is 19.1. The Hall–Kier alpha value is -4.52. The fourth-order valence-electron chi connectivity index (χ4n) is 6.64. The van der Waals surface area contributed by atoms with Crippen LogP contribution in [0.15, 0.2) is 42.5 Å². The Kier molecular flexibility index (Phi) is 10.4. The molecule has 2 bridgehead atoms. The van der Waals surface area contributed by atoms with Crippen LogP contribution in [0.3, 0.4) is 0 Å². The lowest BCUT2D eigenvalue weighted by atomic mass is 9.73. The standard InChI is InChI=1S/C34H42FN5O7/c1-21-15-24(8-9-26(21)35)33(46)39-13-10-34(11-14-39)17-23-5-3-6-25(16-23)47-19-29(42)37-22(2)32(45)40-12-4-7-28(40)31(44)38-27(18-41)30(43)36-20-34/h3,5-6,8-9,15-16,22,27-28,41H,4,7,10-14,17-20H2,1-2H3,(H,36,43)(H,37,42)(H,38,44)/t22-,27-,28-/m0/s1. The van der Waals surface area contributed by atoms with Crippen LogP contribution in [0, 0.1) is 18.2 Å². The maximum Gasteiger partial charge on any atom is 0.258 e. The van der Waals surface area contributed by atoms with Gasteiger partial charge in [-0.2, -0.15) is 0 Å². The van der Waals surface area contributed by atoms with Gasteiger partial charge in [0, 0.05) is 31.7 Å². The number of ether oxygens (including phenoxy) is 1. The average Bonchev–Trinajstić information content (AvgIpc) is 3.56. The predicted molar refractivity (Wildman–Crippen MR) is 169 cm³/mol. The molecule has 3 atom stereocenters. The number of hydrogen-bond donors (Lipinski definition) is 4. The highest BCUT2D eigenvalue weighted by Gasteiger charge is 2.40. The molecular formula is C34H42FN5O7. The Morgan fingerprint density at radius 1 is 1.04 bits per heavy atom. The number of aliphatic hydroxyl groups excluding tert-OH is 1. The molecule has 1 spiro atoms. The number of hydrogen-bond acceptors (Lipinski definition) is 7. The average molecular weight is 652 g/mol. The topological polar surface area (TPSA) is 157 Å². The summed E-state index contributed by atoms with van der Waals surface area (Å²) in [6.45, 7) is 3.51. The minimum Gasteiger partial charge on any atom is -0.484 e. The van der Waals surface area contributed by atoms with Gasteiger partial charge in [0.05, 0.1) is 6.61 Å². The number of rotatable bonds is 2. The van der Waals surface area contributed by atoms with Crippen molar-refractivity contribution in [1.82, 2.24) is 25.8 Å². The number of carbonyl (C=O) groups excluding carboxylic acids is 5. The molecule has 12 nitrogen and oxygen atoms in total. The molecule has 4 N–H and O–H groups in total. The van der Waals surface area contributed by atoms with Gasteiger partial charge in [-0.25, -0.2) is 4.39 Å². The van der Waals surface area contributed by atoms with Crippen LogP contribution in [0.1, 0.15) is 54.1 Å². The van der Waals surface area contributed by atoms with Gasteiger partial charge in [0.1, 0.15) is 29.7 Å². The molecule has 2 fully saturated rings. The third kappa shape index (κ3) is 7.90. The van der Waals surface area contributed by atoms with Crippen LogP contribution in [0.2, 0.25) is 0 Å². The van der Waals surface area contributed by atoms with E-state index in [0.717, 1.165) is 5.56 Å². The van der Waals surface area contributed by atoms with Crippen molar-refractivity contribution in [2.45, 2.75) is 64.1 Å². The first-order valence-corrected chi connectivity index (χ1v) is 16.0. The number of aryl methyl sites for hydroxylation is 1. The van der Waals surface area contributed by atoms with E-state index >= 15 is 0 Å². The maximum absolute atomic E-state index is 13.8. The Balaban J connectivity index is 1.38. The summed E-state index contributed by atoms with van der Waals surface area (Å²) >= 11 is 0. The zero-order chi connectivity index (χ0) is 33.7. The van der Waals surface area contributed by atoms with E-state index in [1.54, 1.807) is 24.8 Å². The number of likely N-dealkylation sites (tertiary alicyclic amines) is 1. The molecule has 3 aliphatic rings. The van der Waals surface area contributed by atoms with Crippen LogP contribution in [0.5, 0.6) is 5.75 Å². The number of piperidine rings is 1. The minimum absolute atomic E-state index is 0.200. The van der Waals surface area contributed by atoms with Crippen LogP contribution in [-0.2, 0) is 25.6 Å². The number of aliphatic hydroxyl groups is 1. The summed E-state index contributed by atoms with van der Waals surface area (Å²) in [5.41, 5.74) is 1.18. The molecular weight excluding hydrogens is 609 g/mol. The predicted octanol–water partition coefficient (Wildman–Crippen LogP) is 1.08. The fourth-order valence-corrected chi connectivity index (χ4v) is 6.64. The van der Waals surface area contributed by atoms with Gasteiger partial charge < -0.3 is 35.6 Å². The molecule has 2 saturated heterocycles. The third-order valence-electron chi connectivity index (χ3n) is 9.40.